The maximum Gasteiger partial charge on any atom is 0.227 e. The molecule has 22 heavy (non-hydrogen) atoms. The fourth-order valence-electron chi connectivity index (χ4n) is 2.40. The van der Waals surface area contributed by atoms with Crippen molar-refractivity contribution in [2.24, 2.45) is 0 Å². The van der Waals surface area contributed by atoms with Crippen LogP contribution in [0, 0.1) is 0 Å². The van der Waals surface area contributed by atoms with Gasteiger partial charge < -0.3 is 0 Å². The normalized spacial score (nSPS) is 11.5. The molecule has 0 aliphatic heterocycles. The fourth-order valence-corrected chi connectivity index (χ4v) is 2.40. The molecule has 0 heterocycles. The van der Waals surface area contributed by atoms with Gasteiger partial charge in [-0.3, -0.25) is 19.3 Å². The van der Waals surface area contributed by atoms with Gasteiger partial charge in [-0.1, -0.05) is 60.7 Å². The smallest absolute Gasteiger partial charge is 0.227 e. The zero-order valence-corrected chi connectivity index (χ0v) is 12.5. The van der Waals surface area contributed by atoms with Gasteiger partial charge in [-0.2, -0.15) is 0 Å². The van der Waals surface area contributed by atoms with E-state index >= 15 is 0 Å². The molecule has 0 radical (unpaired) electrons. The van der Waals surface area contributed by atoms with Gasteiger partial charge in [0.25, 0.3) is 0 Å². The lowest BCUT2D eigenvalue weighted by Gasteiger charge is -2.27. The number of amides is 2. The van der Waals surface area contributed by atoms with Crippen molar-refractivity contribution in [1.82, 2.24) is 4.90 Å². The average Bonchev–Trinajstić information content (AvgIpc) is 2.52. The molecular formula is C18H17NO3. The van der Waals surface area contributed by atoms with E-state index in [9.17, 15) is 14.4 Å². The van der Waals surface area contributed by atoms with E-state index in [1.54, 1.807) is 48.5 Å². The van der Waals surface area contributed by atoms with Crippen molar-refractivity contribution in [2.75, 3.05) is 0 Å². The molecule has 1 unspecified atom stereocenters. The molecule has 1 atom stereocenters. The molecule has 0 bridgehead atoms. The second kappa shape index (κ2) is 6.80. The summed E-state index contributed by atoms with van der Waals surface area (Å²) in [4.78, 5) is 37.6. The van der Waals surface area contributed by atoms with Gasteiger partial charge in [0.2, 0.25) is 11.8 Å². The highest BCUT2D eigenvalue weighted by atomic mass is 16.2. The number of nitrogens with zero attached hydrogens (tertiary/aromatic N) is 1. The summed E-state index contributed by atoms with van der Waals surface area (Å²) in [5, 5.41) is 0. The lowest BCUT2D eigenvalue weighted by Crippen LogP contribution is -2.40. The van der Waals surface area contributed by atoms with Crippen LogP contribution in [-0.4, -0.2) is 22.5 Å². The third kappa shape index (κ3) is 3.28. The third-order valence-corrected chi connectivity index (χ3v) is 3.36. The molecule has 0 N–H and O–H groups in total. The summed E-state index contributed by atoms with van der Waals surface area (Å²) in [7, 11) is 0. The lowest BCUT2D eigenvalue weighted by atomic mass is 9.95. The third-order valence-electron chi connectivity index (χ3n) is 3.36. The Labute approximate surface area is 129 Å². The predicted molar refractivity (Wildman–Crippen MR) is 83.2 cm³/mol. The van der Waals surface area contributed by atoms with Crippen molar-refractivity contribution in [3.05, 3.63) is 71.8 Å². The largest absolute Gasteiger partial charge is 0.291 e. The first kappa shape index (κ1) is 15.6. The number of carbonyl (C=O) groups is 3. The quantitative estimate of drug-likeness (QED) is 0.815. The van der Waals surface area contributed by atoms with Gasteiger partial charge in [0.05, 0.1) is 0 Å². The molecule has 0 spiro atoms. The summed E-state index contributed by atoms with van der Waals surface area (Å²) in [6.45, 7) is 2.57. The topological polar surface area (TPSA) is 54.5 Å². The Morgan fingerprint density at radius 1 is 0.773 bits per heavy atom. The maximum atomic E-state index is 12.8. The van der Waals surface area contributed by atoms with Gasteiger partial charge in [0.15, 0.2) is 5.78 Å². The van der Waals surface area contributed by atoms with E-state index in [1.807, 2.05) is 12.1 Å². The Morgan fingerprint density at radius 3 is 1.68 bits per heavy atom. The van der Waals surface area contributed by atoms with Crippen LogP contribution in [0.5, 0.6) is 0 Å². The second-order valence-corrected chi connectivity index (χ2v) is 4.95. The molecule has 0 saturated heterocycles. The van der Waals surface area contributed by atoms with Crippen molar-refractivity contribution >= 4 is 17.6 Å². The van der Waals surface area contributed by atoms with Crippen LogP contribution in [0.15, 0.2) is 60.7 Å². The first-order chi connectivity index (χ1) is 10.5. The molecule has 4 heteroatoms. The summed E-state index contributed by atoms with van der Waals surface area (Å²) in [6, 6.07) is 16.6. The Hall–Kier alpha value is -2.75. The SMILES string of the molecule is CC(=O)N(C(C)=O)C(C(=O)c1ccccc1)c1ccccc1. The standard InChI is InChI=1S/C18H17NO3/c1-13(20)19(14(2)21)17(15-9-5-3-6-10-15)18(22)16-11-7-4-8-12-16/h3-12,17H,1-2H3. The molecule has 0 saturated carbocycles. The van der Waals surface area contributed by atoms with Crippen LogP contribution in [0.25, 0.3) is 0 Å². The van der Waals surface area contributed by atoms with Crippen LogP contribution in [0.2, 0.25) is 0 Å². The van der Waals surface area contributed by atoms with Crippen LogP contribution in [-0.2, 0) is 9.59 Å². The van der Waals surface area contributed by atoms with E-state index in [0.717, 1.165) is 4.90 Å². The number of benzene rings is 2. The minimum absolute atomic E-state index is 0.280. The van der Waals surface area contributed by atoms with Crippen LogP contribution in [0.1, 0.15) is 35.8 Å². The van der Waals surface area contributed by atoms with E-state index in [0.29, 0.717) is 11.1 Å². The minimum Gasteiger partial charge on any atom is -0.291 e. The molecular weight excluding hydrogens is 278 g/mol. The zero-order chi connectivity index (χ0) is 16.1. The van der Waals surface area contributed by atoms with E-state index in [1.165, 1.54) is 13.8 Å². The van der Waals surface area contributed by atoms with E-state index in [2.05, 4.69) is 0 Å². The summed E-state index contributed by atoms with van der Waals surface area (Å²) >= 11 is 0. The van der Waals surface area contributed by atoms with Crippen LogP contribution in [0.3, 0.4) is 0 Å². The highest BCUT2D eigenvalue weighted by molar-refractivity contribution is 6.06. The summed E-state index contributed by atoms with van der Waals surface area (Å²) in [5.74, 6) is -1.19. The lowest BCUT2D eigenvalue weighted by molar-refractivity contribution is -0.144. The van der Waals surface area contributed by atoms with Gasteiger partial charge in [0, 0.05) is 19.4 Å². The average molecular weight is 295 g/mol. The number of hydrogen-bond acceptors (Lipinski definition) is 3. The van der Waals surface area contributed by atoms with Gasteiger partial charge in [0.1, 0.15) is 6.04 Å². The molecule has 0 fully saturated rings. The number of ketones is 1. The molecule has 0 aliphatic carbocycles. The van der Waals surface area contributed by atoms with E-state index in [-0.39, 0.29) is 5.78 Å². The number of carbonyl (C=O) groups excluding carboxylic acids is 3. The summed E-state index contributed by atoms with van der Waals surface area (Å²) in [6.07, 6.45) is 0. The Morgan fingerprint density at radius 2 is 1.23 bits per heavy atom. The molecule has 2 rings (SSSR count). The second-order valence-electron chi connectivity index (χ2n) is 4.95. The highest BCUT2D eigenvalue weighted by Crippen LogP contribution is 2.25. The summed E-state index contributed by atoms with van der Waals surface area (Å²) in [5.41, 5.74) is 1.07. The van der Waals surface area contributed by atoms with Gasteiger partial charge in [-0.05, 0) is 5.56 Å². The first-order valence-electron chi connectivity index (χ1n) is 6.97. The van der Waals surface area contributed by atoms with Gasteiger partial charge in [-0.25, -0.2) is 0 Å². The first-order valence-corrected chi connectivity index (χ1v) is 6.97. The minimum atomic E-state index is -0.946. The van der Waals surface area contributed by atoms with Crippen molar-refractivity contribution in [2.45, 2.75) is 19.9 Å². The Kier molecular flexibility index (Phi) is 4.84. The molecule has 2 aromatic carbocycles. The monoisotopic (exact) mass is 295 g/mol. The predicted octanol–water partition coefficient (Wildman–Crippen LogP) is 3.01. The number of rotatable bonds is 4. The maximum absolute atomic E-state index is 12.8. The molecule has 0 aliphatic rings. The van der Waals surface area contributed by atoms with Crippen LogP contribution >= 0.6 is 0 Å². The van der Waals surface area contributed by atoms with Crippen molar-refractivity contribution < 1.29 is 14.4 Å². The number of imide groups is 1. The molecule has 112 valence electrons. The van der Waals surface area contributed by atoms with Gasteiger partial charge >= 0.3 is 0 Å². The van der Waals surface area contributed by atoms with Crippen molar-refractivity contribution in [3.8, 4) is 0 Å². The zero-order valence-electron chi connectivity index (χ0n) is 12.5. The van der Waals surface area contributed by atoms with Gasteiger partial charge in [-0.15, -0.1) is 0 Å². The molecule has 4 nitrogen and oxygen atoms in total. The highest BCUT2D eigenvalue weighted by Gasteiger charge is 2.32. The molecule has 0 aromatic heterocycles. The van der Waals surface area contributed by atoms with Crippen molar-refractivity contribution in [3.63, 3.8) is 0 Å². The summed E-state index contributed by atoms with van der Waals surface area (Å²) < 4.78 is 0. The Balaban J connectivity index is 2.53. The molecule has 2 amide bonds. The van der Waals surface area contributed by atoms with Crippen molar-refractivity contribution in [1.29, 1.82) is 0 Å². The van der Waals surface area contributed by atoms with Crippen LogP contribution in [0.4, 0.5) is 0 Å². The van der Waals surface area contributed by atoms with E-state index in [4.69, 9.17) is 0 Å². The fraction of sp³-hybridized carbons (Fsp3) is 0.167. The number of Topliss-reactive ketones (excluding diaryl/α,β-unsaturated/α-hetero) is 1. The Bertz CT molecular complexity index is 666. The molecule has 2 aromatic rings. The number of hydrogen-bond donors (Lipinski definition) is 0. The van der Waals surface area contributed by atoms with E-state index < -0.39 is 17.9 Å². The van der Waals surface area contributed by atoms with Crippen LogP contribution < -0.4 is 0 Å².